The van der Waals surface area contributed by atoms with E-state index in [-0.39, 0.29) is 30.1 Å². The average molecular weight is 331 g/mol. The predicted molar refractivity (Wildman–Crippen MR) is 89.0 cm³/mol. The van der Waals surface area contributed by atoms with Crippen LogP contribution in [0, 0.1) is 11.7 Å². The van der Waals surface area contributed by atoms with Crippen LogP contribution < -0.4 is 0 Å². The zero-order valence-corrected chi connectivity index (χ0v) is 13.7. The van der Waals surface area contributed by atoms with Gasteiger partial charge in [0.15, 0.2) is 5.76 Å². The zero-order valence-electron chi connectivity index (χ0n) is 13.7. The van der Waals surface area contributed by atoms with Gasteiger partial charge in [0.25, 0.3) is 5.91 Å². The van der Waals surface area contributed by atoms with Crippen molar-refractivity contribution in [2.75, 3.05) is 13.7 Å². The molecule has 0 bridgehead atoms. The lowest BCUT2D eigenvalue weighted by Gasteiger charge is -2.33. The Bertz CT molecular complexity index is 704. The molecule has 4 nitrogen and oxygen atoms in total. The van der Waals surface area contributed by atoms with Gasteiger partial charge in [-0.15, -0.1) is 0 Å². The maximum atomic E-state index is 13.8. The Kier molecular flexibility index (Phi) is 5.00. The van der Waals surface area contributed by atoms with Gasteiger partial charge in [-0.1, -0.05) is 12.1 Å². The number of nitrogens with zero attached hydrogens (tertiary/aromatic N) is 1. The van der Waals surface area contributed by atoms with E-state index in [1.807, 2.05) is 0 Å². The summed E-state index contributed by atoms with van der Waals surface area (Å²) >= 11 is 0. The number of aliphatic hydroxyl groups is 1. The number of furan rings is 1. The lowest BCUT2D eigenvalue weighted by Crippen LogP contribution is -2.39. The van der Waals surface area contributed by atoms with E-state index in [0.29, 0.717) is 17.2 Å². The molecule has 0 atom stereocenters. The number of halogens is 1. The minimum atomic E-state index is -0.374. The summed E-state index contributed by atoms with van der Waals surface area (Å²) in [6, 6.07) is 9.72. The van der Waals surface area contributed by atoms with Crippen molar-refractivity contribution >= 4 is 5.91 Å². The van der Waals surface area contributed by atoms with Crippen LogP contribution in [0.5, 0.6) is 0 Å². The molecule has 1 aliphatic rings. The standard InChI is InChI=1S/C19H22FNO3/c1-21(14-8-6-13(12-22)7-9-14)19(23)18-11-10-17(24-18)15-4-2-3-5-16(15)20/h2-5,10-11,13-14,22H,6-9,12H2,1H3. The summed E-state index contributed by atoms with van der Waals surface area (Å²) in [6.07, 6.45) is 3.62. The van der Waals surface area contributed by atoms with Crippen LogP contribution in [0.2, 0.25) is 0 Å². The summed E-state index contributed by atoms with van der Waals surface area (Å²) in [4.78, 5) is 14.3. The lowest BCUT2D eigenvalue weighted by molar-refractivity contribution is 0.0623. The molecule has 1 heterocycles. The first kappa shape index (κ1) is 16.7. The number of benzene rings is 1. The first-order chi connectivity index (χ1) is 11.6. The van der Waals surface area contributed by atoms with Crippen molar-refractivity contribution in [1.29, 1.82) is 0 Å². The van der Waals surface area contributed by atoms with Gasteiger partial charge in [-0.3, -0.25) is 4.79 Å². The SMILES string of the molecule is CN(C(=O)c1ccc(-c2ccccc2F)o1)C1CCC(CO)CC1. The van der Waals surface area contributed by atoms with Crippen molar-refractivity contribution in [3.05, 3.63) is 48.0 Å². The van der Waals surface area contributed by atoms with Gasteiger partial charge in [-0.05, 0) is 55.9 Å². The lowest BCUT2D eigenvalue weighted by atomic mass is 9.86. The van der Waals surface area contributed by atoms with E-state index in [9.17, 15) is 14.3 Å². The quantitative estimate of drug-likeness (QED) is 0.929. The molecule has 1 aromatic heterocycles. The third kappa shape index (κ3) is 3.36. The molecular formula is C19H22FNO3. The Hall–Kier alpha value is -2.14. The monoisotopic (exact) mass is 331 g/mol. The van der Waals surface area contributed by atoms with Gasteiger partial charge in [-0.25, -0.2) is 4.39 Å². The van der Waals surface area contributed by atoms with Crippen LogP contribution in [0.1, 0.15) is 36.2 Å². The second-order valence-electron chi connectivity index (χ2n) is 6.42. The second kappa shape index (κ2) is 7.18. The van der Waals surface area contributed by atoms with Gasteiger partial charge in [0.05, 0.1) is 5.56 Å². The topological polar surface area (TPSA) is 53.7 Å². The fourth-order valence-corrected chi connectivity index (χ4v) is 3.31. The number of rotatable bonds is 4. The van der Waals surface area contributed by atoms with Gasteiger partial charge in [0, 0.05) is 19.7 Å². The molecule has 0 spiro atoms. The van der Waals surface area contributed by atoms with Crippen molar-refractivity contribution in [1.82, 2.24) is 4.90 Å². The Morgan fingerprint density at radius 3 is 2.58 bits per heavy atom. The van der Waals surface area contributed by atoms with E-state index < -0.39 is 0 Å². The normalized spacial score (nSPS) is 20.8. The van der Waals surface area contributed by atoms with E-state index in [1.165, 1.54) is 6.07 Å². The predicted octanol–water partition coefficient (Wildman–Crippen LogP) is 3.71. The Morgan fingerprint density at radius 2 is 1.92 bits per heavy atom. The number of hydrogen-bond donors (Lipinski definition) is 1. The molecule has 1 aliphatic carbocycles. The molecule has 2 aromatic rings. The molecule has 1 amide bonds. The molecule has 1 aromatic carbocycles. The van der Waals surface area contributed by atoms with Gasteiger partial charge in [-0.2, -0.15) is 0 Å². The number of hydrogen-bond acceptors (Lipinski definition) is 3. The molecule has 5 heteroatoms. The van der Waals surface area contributed by atoms with Crippen molar-refractivity contribution in [2.45, 2.75) is 31.7 Å². The minimum absolute atomic E-state index is 0.155. The highest BCUT2D eigenvalue weighted by Crippen LogP contribution is 2.29. The summed E-state index contributed by atoms with van der Waals surface area (Å²) in [6.45, 7) is 0.217. The molecule has 0 unspecified atom stereocenters. The fraction of sp³-hybridized carbons (Fsp3) is 0.421. The highest BCUT2D eigenvalue weighted by Gasteiger charge is 2.28. The third-order valence-corrected chi connectivity index (χ3v) is 4.90. The summed E-state index contributed by atoms with van der Waals surface area (Å²) in [5.74, 6) is 0.362. The first-order valence-corrected chi connectivity index (χ1v) is 8.33. The van der Waals surface area contributed by atoms with E-state index in [2.05, 4.69) is 0 Å². The molecule has 1 N–H and O–H groups in total. The zero-order chi connectivity index (χ0) is 17.1. The summed E-state index contributed by atoms with van der Waals surface area (Å²) in [5.41, 5.74) is 0.350. The Balaban J connectivity index is 1.71. The molecule has 128 valence electrons. The Morgan fingerprint density at radius 1 is 1.21 bits per heavy atom. The number of amides is 1. The van der Waals surface area contributed by atoms with Crippen LogP contribution in [0.15, 0.2) is 40.8 Å². The van der Waals surface area contributed by atoms with Gasteiger partial charge in [0.1, 0.15) is 11.6 Å². The van der Waals surface area contributed by atoms with Crippen LogP contribution in [0.25, 0.3) is 11.3 Å². The number of aliphatic hydroxyl groups excluding tert-OH is 1. The van der Waals surface area contributed by atoms with Crippen LogP contribution in [-0.2, 0) is 0 Å². The summed E-state index contributed by atoms with van der Waals surface area (Å²) < 4.78 is 19.4. The maximum absolute atomic E-state index is 13.8. The number of carbonyl (C=O) groups excluding carboxylic acids is 1. The molecule has 3 rings (SSSR count). The van der Waals surface area contributed by atoms with Crippen LogP contribution in [0.4, 0.5) is 4.39 Å². The molecule has 1 fully saturated rings. The number of carbonyl (C=O) groups is 1. The van der Waals surface area contributed by atoms with E-state index in [4.69, 9.17) is 4.42 Å². The van der Waals surface area contributed by atoms with Crippen molar-refractivity contribution in [3.63, 3.8) is 0 Å². The Labute approximate surface area is 140 Å². The molecule has 1 saturated carbocycles. The van der Waals surface area contributed by atoms with Crippen LogP contribution in [-0.4, -0.2) is 35.6 Å². The van der Waals surface area contributed by atoms with Crippen LogP contribution >= 0.6 is 0 Å². The molecule has 0 aliphatic heterocycles. The van der Waals surface area contributed by atoms with Gasteiger partial charge in [0.2, 0.25) is 0 Å². The van der Waals surface area contributed by atoms with Gasteiger partial charge >= 0.3 is 0 Å². The molecule has 0 radical (unpaired) electrons. The van der Waals surface area contributed by atoms with Crippen molar-refractivity contribution in [2.24, 2.45) is 5.92 Å². The third-order valence-electron chi connectivity index (χ3n) is 4.90. The second-order valence-corrected chi connectivity index (χ2v) is 6.42. The summed E-state index contributed by atoms with van der Waals surface area (Å²) in [7, 11) is 1.78. The van der Waals surface area contributed by atoms with E-state index >= 15 is 0 Å². The van der Waals surface area contributed by atoms with Crippen molar-refractivity contribution < 1.29 is 18.7 Å². The van der Waals surface area contributed by atoms with Gasteiger partial charge < -0.3 is 14.4 Å². The smallest absolute Gasteiger partial charge is 0.289 e. The summed E-state index contributed by atoms with van der Waals surface area (Å²) in [5, 5.41) is 9.21. The van der Waals surface area contributed by atoms with E-state index in [0.717, 1.165) is 25.7 Å². The highest BCUT2D eigenvalue weighted by molar-refractivity contribution is 5.92. The molecular weight excluding hydrogens is 309 g/mol. The highest BCUT2D eigenvalue weighted by atomic mass is 19.1. The van der Waals surface area contributed by atoms with Crippen LogP contribution in [0.3, 0.4) is 0 Å². The minimum Gasteiger partial charge on any atom is -0.451 e. The largest absolute Gasteiger partial charge is 0.451 e. The van der Waals surface area contributed by atoms with Crippen molar-refractivity contribution in [3.8, 4) is 11.3 Å². The fourth-order valence-electron chi connectivity index (χ4n) is 3.31. The molecule has 0 saturated heterocycles. The van der Waals surface area contributed by atoms with E-state index in [1.54, 1.807) is 42.3 Å². The first-order valence-electron chi connectivity index (χ1n) is 8.33. The maximum Gasteiger partial charge on any atom is 0.289 e. The molecule has 24 heavy (non-hydrogen) atoms. The average Bonchev–Trinajstić information content (AvgIpc) is 3.11.